The molecule has 2 saturated heterocycles. The summed E-state index contributed by atoms with van der Waals surface area (Å²) in [5.41, 5.74) is 1.18. The lowest BCUT2D eigenvalue weighted by atomic mass is 10.0. The van der Waals surface area contributed by atoms with Crippen molar-refractivity contribution >= 4 is 22.3 Å². The van der Waals surface area contributed by atoms with E-state index in [1.165, 1.54) is 29.3 Å². The molecule has 0 aliphatic carbocycles. The van der Waals surface area contributed by atoms with Crippen LogP contribution in [0.3, 0.4) is 0 Å². The average Bonchev–Trinajstić information content (AvgIpc) is 2.69. The lowest BCUT2D eigenvalue weighted by molar-refractivity contribution is 0.271. The number of anilines is 2. The molecule has 0 atom stereocenters. The largest absolute Gasteiger partial charge is 0.380 e. The third-order valence-corrected chi connectivity index (χ3v) is 5.59. The summed E-state index contributed by atoms with van der Waals surface area (Å²) in [6.07, 6.45) is 4.40. The zero-order chi connectivity index (χ0) is 17.1. The molecular weight excluding hydrogens is 310 g/mol. The summed E-state index contributed by atoms with van der Waals surface area (Å²) < 4.78 is 0. The van der Waals surface area contributed by atoms with Crippen LogP contribution in [-0.4, -0.2) is 61.7 Å². The van der Waals surface area contributed by atoms with Crippen molar-refractivity contribution in [2.24, 2.45) is 0 Å². The van der Waals surface area contributed by atoms with E-state index in [2.05, 4.69) is 51.6 Å². The second-order valence-electron chi connectivity index (χ2n) is 7.13. The molecule has 2 aliphatic heterocycles. The van der Waals surface area contributed by atoms with E-state index in [9.17, 15) is 0 Å². The van der Waals surface area contributed by atoms with Gasteiger partial charge in [-0.2, -0.15) is 0 Å². The first kappa shape index (κ1) is 16.6. The average molecular weight is 339 g/mol. The summed E-state index contributed by atoms with van der Waals surface area (Å²) in [4.78, 5) is 9.83. The predicted molar refractivity (Wildman–Crippen MR) is 106 cm³/mol. The maximum absolute atomic E-state index is 4.88. The summed E-state index contributed by atoms with van der Waals surface area (Å²) in [6.45, 7) is 9.96. The van der Waals surface area contributed by atoms with E-state index in [0.29, 0.717) is 6.04 Å². The number of pyridine rings is 1. The molecule has 0 saturated carbocycles. The van der Waals surface area contributed by atoms with Crippen molar-refractivity contribution in [1.82, 2.24) is 15.2 Å². The highest BCUT2D eigenvalue weighted by Crippen LogP contribution is 2.31. The normalized spacial score (nSPS) is 20.1. The highest BCUT2D eigenvalue weighted by Gasteiger charge is 2.20. The van der Waals surface area contributed by atoms with Gasteiger partial charge in [-0.25, -0.2) is 4.98 Å². The minimum absolute atomic E-state index is 0.547. The second-order valence-corrected chi connectivity index (χ2v) is 7.13. The fourth-order valence-electron chi connectivity index (χ4n) is 4.01. The highest BCUT2D eigenvalue weighted by molar-refractivity contribution is 6.00. The Bertz CT molecular complexity index is 702. The molecule has 134 valence electrons. The fraction of sp³-hybridized carbons (Fsp3) is 0.550. The smallest absolute Gasteiger partial charge is 0.136 e. The number of likely N-dealkylation sites (N-methyl/N-ethyl adjacent to an activating group) is 1. The monoisotopic (exact) mass is 339 g/mol. The molecule has 0 spiro atoms. The maximum Gasteiger partial charge on any atom is 0.136 e. The fourth-order valence-corrected chi connectivity index (χ4v) is 4.01. The van der Waals surface area contributed by atoms with Crippen LogP contribution in [0.25, 0.3) is 10.8 Å². The van der Waals surface area contributed by atoms with E-state index in [1.807, 2.05) is 6.20 Å². The van der Waals surface area contributed by atoms with Gasteiger partial charge in [0.15, 0.2) is 0 Å². The number of rotatable bonds is 4. The quantitative estimate of drug-likeness (QED) is 0.896. The molecular formula is C20H29N5. The summed E-state index contributed by atoms with van der Waals surface area (Å²) >= 11 is 0. The number of nitrogens with one attached hydrogen (secondary N) is 2. The van der Waals surface area contributed by atoms with Gasteiger partial charge in [0, 0.05) is 43.0 Å². The molecule has 1 aromatic heterocycles. The molecule has 5 heteroatoms. The zero-order valence-electron chi connectivity index (χ0n) is 15.2. The van der Waals surface area contributed by atoms with Crippen LogP contribution in [0.4, 0.5) is 11.5 Å². The van der Waals surface area contributed by atoms with Crippen LogP contribution in [0.1, 0.15) is 19.8 Å². The van der Waals surface area contributed by atoms with Crippen LogP contribution in [0.2, 0.25) is 0 Å². The van der Waals surface area contributed by atoms with Crippen LogP contribution in [-0.2, 0) is 0 Å². The van der Waals surface area contributed by atoms with Crippen molar-refractivity contribution in [3.05, 3.63) is 30.5 Å². The molecule has 1 aromatic carbocycles. The van der Waals surface area contributed by atoms with Gasteiger partial charge >= 0.3 is 0 Å². The number of hydrogen-bond acceptors (Lipinski definition) is 5. The van der Waals surface area contributed by atoms with Gasteiger partial charge in [0.25, 0.3) is 0 Å². The molecule has 4 rings (SSSR count). The molecule has 0 amide bonds. The third-order valence-electron chi connectivity index (χ3n) is 5.59. The van der Waals surface area contributed by atoms with Crippen molar-refractivity contribution in [1.29, 1.82) is 0 Å². The van der Waals surface area contributed by atoms with Gasteiger partial charge in [-0.15, -0.1) is 0 Å². The Labute approximate surface area is 150 Å². The van der Waals surface area contributed by atoms with E-state index >= 15 is 0 Å². The van der Waals surface area contributed by atoms with Crippen molar-refractivity contribution < 1.29 is 0 Å². The maximum atomic E-state index is 4.88. The topological polar surface area (TPSA) is 43.4 Å². The molecule has 2 aliphatic rings. The minimum Gasteiger partial charge on any atom is -0.380 e. The van der Waals surface area contributed by atoms with Crippen LogP contribution in [0.5, 0.6) is 0 Å². The Balaban J connectivity index is 1.60. The lowest BCUT2D eigenvalue weighted by Crippen LogP contribution is -2.46. The first-order valence-electron chi connectivity index (χ1n) is 9.67. The van der Waals surface area contributed by atoms with Crippen LogP contribution in [0.15, 0.2) is 30.5 Å². The molecule has 25 heavy (non-hydrogen) atoms. The molecule has 5 nitrogen and oxygen atoms in total. The number of aromatic nitrogens is 1. The molecule has 2 aromatic rings. The molecule has 3 heterocycles. The summed E-state index contributed by atoms with van der Waals surface area (Å²) in [5, 5.41) is 9.74. The molecule has 2 fully saturated rings. The summed E-state index contributed by atoms with van der Waals surface area (Å²) in [6, 6.07) is 9.26. The van der Waals surface area contributed by atoms with Gasteiger partial charge in [-0.3, -0.25) is 0 Å². The van der Waals surface area contributed by atoms with Gasteiger partial charge in [0.1, 0.15) is 5.82 Å². The van der Waals surface area contributed by atoms with Crippen LogP contribution in [0, 0.1) is 0 Å². The first-order valence-corrected chi connectivity index (χ1v) is 9.67. The standard InChI is InChI=1S/C20H29N5/c1-2-24-11-13-25(14-12-24)20-18-6-4-3-5-17(18)19(15-22-20)23-16-7-9-21-10-8-16/h3-6,15-16,21,23H,2,7-14H2,1H3. The van der Waals surface area contributed by atoms with Crippen molar-refractivity contribution in [2.45, 2.75) is 25.8 Å². The summed E-state index contributed by atoms with van der Waals surface area (Å²) in [5.74, 6) is 1.14. The molecule has 0 unspecified atom stereocenters. The second kappa shape index (κ2) is 7.58. The molecule has 0 bridgehead atoms. The number of piperazine rings is 1. The molecule has 2 N–H and O–H groups in total. The minimum atomic E-state index is 0.547. The first-order chi connectivity index (χ1) is 12.3. The number of hydrogen-bond donors (Lipinski definition) is 2. The van der Waals surface area contributed by atoms with E-state index in [4.69, 9.17) is 4.98 Å². The molecule has 0 radical (unpaired) electrons. The van der Waals surface area contributed by atoms with Gasteiger partial charge in [-0.05, 0) is 32.5 Å². The Morgan fingerprint density at radius 2 is 1.80 bits per heavy atom. The van der Waals surface area contributed by atoms with Gasteiger partial charge in [0.2, 0.25) is 0 Å². The zero-order valence-corrected chi connectivity index (χ0v) is 15.2. The van der Waals surface area contributed by atoms with Crippen LogP contribution < -0.4 is 15.5 Å². The van der Waals surface area contributed by atoms with Gasteiger partial charge in [-0.1, -0.05) is 31.2 Å². The van der Waals surface area contributed by atoms with E-state index < -0.39 is 0 Å². The van der Waals surface area contributed by atoms with Crippen LogP contribution >= 0.6 is 0 Å². The van der Waals surface area contributed by atoms with Gasteiger partial charge < -0.3 is 20.4 Å². The van der Waals surface area contributed by atoms with Gasteiger partial charge in [0.05, 0.1) is 11.9 Å². The van der Waals surface area contributed by atoms with E-state index in [0.717, 1.165) is 51.6 Å². The Hall–Kier alpha value is -1.85. The highest BCUT2D eigenvalue weighted by atomic mass is 15.3. The van der Waals surface area contributed by atoms with Crippen molar-refractivity contribution in [3.63, 3.8) is 0 Å². The predicted octanol–water partition coefficient (Wildman–Crippen LogP) is 2.54. The van der Waals surface area contributed by atoms with E-state index in [-0.39, 0.29) is 0 Å². The lowest BCUT2D eigenvalue weighted by Gasteiger charge is -2.35. The number of benzene rings is 1. The third kappa shape index (κ3) is 3.58. The summed E-state index contributed by atoms with van der Waals surface area (Å²) in [7, 11) is 0. The van der Waals surface area contributed by atoms with E-state index in [1.54, 1.807) is 0 Å². The number of nitrogens with zero attached hydrogens (tertiary/aromatic N) is 3. The SMILES string of the molecule is CCN1CCN(c2ncc(NC3CCNCC3)c3ccccc23)CC1. The van der Waals surface area contributed by atoms with Crippen molar-refractivity contribution in [2.75, 3.05) is 56.0 Å². The van der Waals surface area contributed by atoms with Crippen molar-refractivity contribution in [3.8, 4) is 0 Å². The number of piperidine rings is 1. The Kier molecular flexibility index (Phi) is 5.04. The Morgan fingerprint density at radius 1 is 1.08 bits per heavy atom. The number of fused-ring (bicyclic) bond motifs is 1. The Morgan fingerprint density at radius 3 is 2.52 bits per heavy atom.